The van der Waals surface area contributed by atoms with E-state index in [-0.39, 0.29) is 17.9 Å². The fourth-order valence-electron chi connectivity index (χ4n) is 2.98. The zero-order valence-corrected chi connectivity index (χ0v) is 11.8. The first-order valence-electron chi connectivity index (χ1n) is 7.04. The van der Waals surface area contributed by atoms with Gasteiger partial charge < -0.3 is 10.0 Å². The molecule has 2 nitrogen and oxygen atoms in total. The summed E-state index contributed by atoms with van der Waals surface area (Å²) in [6.45, 7) is 2.27. The molecule has 1 aliphatic heterocycles. The molecule has 0 aliphatic carbocycles. The second-order valence-corrected chi connectivity index (χ2v) is 5.61. The summed E-state index contributed by atoms with van der Waals surface area (Å²) in [7, 11) is 0. The van der Waals surface area contributed by atoms with Gasteiger partial charge >= 0.3 is 0 Å². The highest BCUT2D eigenvalue weighted by Crippen LogP contribution is 2.38. The molecule has 1 N–H and O–H groups in total. The van der Waals surface area contributed by atoms with Crippen LogP contribution in [0.1, 0.15) is 18.1 Å². The molecular weight excluding hydrogens is 272 g/mol. The van der Waals surface area contributed by atoms with Crippen molar-refractivity contribution < 1.29 is 13.9 Å². The molecule has 0 bridgehead atoms. The number of nitrogens with zero attached hydrogens (tertiary/aromatic N) is 1. The highest BCUT2D eigenvalue weighted by Gasteiger charge is 2.27. The molecule has 0 spiro atoms. The number of halogens is 2. The third-order valence-corrected chi connectivity index (χ3v) is 3.87. The Labute approximate surface area is 122 Å². The van der Waals surface area contributed by atoms with Crippen LogP contribution in [0.5, 0.6) is 0 Å². The van der Waals surface area contributed by atoms with Gasteiger partial charge in [-0.15, -0.1) is 0 Å². The van der Waals surface area contributed by atoms with Crippen LogP contribution in [0.15, 0.2) is 36.4 Å². The van der Waals surface area contributed by atoms with E-state index in [0.717, 1.165) is 17.7 Å². The monoisotopic (exact) mass is 289 g/mol. The lowest BCUT2D eigenvalue weighted by molar-refractivity contribution is 0.280. The van der Waals surface area contributed by atoms with E-state index in [1.54, 1.807) is 4.90 Å². The number of fused-ring (bicyclic) bond motifs is 1. The summed E-state index contributed by atoms with van der Waals surface area (Å²) in [5, 5.41) is 9.04. The average molecular weight is 289 g/mol. The molecule has 0 radical (unpaired) electrons. The summed E-state index contributed by atoms with van der Waals surface area (Å²) >= 11 is 0. The maximum absolute atomic E-state index is 14.3. The Morgan fingerprint density at radius 3 is 2.52 bits per heavy atom. The van der Waals surface area contributed by atoms with E-state index >= 15 is 0 Å². The summed E-state index contributed by atoms with van der Waals surface area (Å²) in [5.41, 5.74) is 2.16. The molecule has 1 atom stereocenters. The Morgan fingerprint density at radius 1 is 1.19 bits per heavy atom. The van der Waals surface area contributed by atoms with Crippen LogP contribution in [0.3, 0.4) is 0 Å². The van der Waals surface area contributed by atoms with Crippen LogP contribution in [0.2, 0.25) is 0 Å². The van der Waals surface area contributed by atoms with Crippen LogP contribution < -0.4 is 4.90 Å². The van der Waals surface area contributed by atoms with Gasteiger partial charge in [0.25, 0.3) is 0 Å². The Bertz CT molecular complexity index is 649. The van der Waals surface area contributed by atoms with Gasteiger partial charge in [-0.25, -0.2) is 8.78 Å². The van der Waals surface area contributed by atoms with Gasteiger partial charge in [-0.05, 0) is 41.7 Å². The Hall–Kier alpha value is -1.94. The minimum Gasteiger partial charge on any atom is -0.392 e. The van der Waals surface area contributed by atoms with E-state index in [0.29, 0.717) is 12.5 Å². The van der Waals surface area contributed by atoms with Crippen LogP contribution in [-0.4, -0.2) is 11.7 Å². The van der Waals surface area contributed by atoms with Gasteiger partial charge in [-0.2, -0.15) is 0 Å². The summed E-state index contributed by atoms with van der Waals surface area (Å²) < 4.78 is 28.6. The number of para-hydroxylation sites is 1. The molecule has 1 unspecified atom stereocenters. The number of benzene rings is 2. The maximum atomic E-state index is 14.3. The molecule has 110 valence electrons. The topological polar surface area (TPSA) is 23.5 Å². The van der Waals surface area contributed by atoms with E-state index in [4.69, 9.17) is 5.11 Å². The normalized spacial score (nSPS) is 17.7. The van der Waals surface area contributed by atoms with Gasteiger partial charge in [0.15, 0.2) is 0 Å². The van der Waals surface area contributed by atoms with E-state index < -0.39 is 11.6 Å². The molecule has 0 aromatic heterocycles. The van der Waals surface area contributed by atoms with Gasteiger partial charge in [0.05, 0.1) is 6.61 Å². The zero-order valence-electron chi connectivity index (χ0n) is 11.8. The van der Waals surface area contributed by atoms with Crippen LogP contribution in [0.25, 0.3) is 0 Å². The quantitative estimate of drug-likeness (QED) is 0.909. The van der Waals surface area contributed by atoms with Crippen molar-refractivity contribution in [3.8, 4) is 0 Å². The number of anilines is 2. The average Bonchev–Trinajstić information content (AvgIpc) is 2.46. The minimum atomic E-state index is -0.636. The van der Waals surface area contributed by atoms with Crippen molar-refractivity contribution in [1.82, 2.24) is 0 Å². The predicted octanol–water partition coefficient (Wildman–Crippen LogP) is 3.79. The number of rotatable bonds is 2. The summed E-state index contributed by atoms with van der Waals surface area (Å²) in [6, 6.07) is 10.1. The van der Waals surface area contributed by atoms with Crippen LogP contribution in [0.4, 0.5) is 20.2 Å². The van der Waals surface area contributed by atoms with Gasteiger partial charge in [-0.3, -0.25) is 0 Å². The molecular formula is C17H17F2NO. The first-order valence-corrected chi connectivity index (χ1v) is 7.04. The Morgan fingerprint density at radius 2 is 1.86 bits per heavy atom. The van der Waals surface area contributed by atoms with E-state index in [9.17, 15) is 8.78 Å². The smallest absolute Gasteiger partial charge is 0.150 e. The molecule has 0 fully saturated rings. The van der Waals surface area contributed by atoms with E-state index in [1.165, 1.54) is 12.1 Å². The minimum absolute atomic E-state index is 0.0359. The highest BCUT2D eigenvalue weighted by atomic mass is 19.1. The molecule has 21 heavy (non-hydrogen) atoms. The molecule has 0 amide bonds. The molecule has 0 saturated carbocycles. The van der Waals surface area contributed by atoms with E-state index in [1.807, 2.05) is 24.3 Å². The van der Waals surface area contributed by atoms with E-state index in [2.05, 4.69) is 6.92 Å². The zero-order chi connectivity index (χ0) is 15.0. The van der Waals surface area contributed by atoms with Crippen molar-refractivity contribution in [2.75, 3.05) is 11.4 Å². The van der Waals surface area contributed by atoms with Gasteiger partial charge in [0, 0.05) is 12.2 Å². The van der Waals surface area contributed by atoms with Crippen LogP contribution in [-0.2, 0) is 13.0 Å². The lowest BCUT2D eigenvalue weighted by Gasteiger charge is -2.35. The largest absolute Gasteiger partial charge is 0.392 e. The van der Waals surface area contributed by atoms with Crippen molar-refractivity contribution in [1.29, 1.82) is 0 Å². The molecule has 4 heteroatoms. The second kappa shape index (κ2) is 5.45. The Balaban J connectivity index is 2.13. The maximum Gasteiger partial charge on any atom is 0.150 e. The third kappa shape index (κ3) is 2.51. The SMILES string of the molecule is CC1Cc2ccccc2N(c2c(F)cc(CO)cc2F)C1. The number of hydrogen-bond donors (Lipinski definition) is 1. The fraction of sp³-hybridized carbons (Fsp3) is 0.294. The highest BCUT2D eigenvalue weighted by molar-refractivity contribution is 5.69. The Kier molecular flexibility index (Phi) is 3.64. The number of hydrogen-bond acceptors (Lipinski definition) is 2. The van der Waals surface area contributed by atoms with Crippen molar-refractivity contribution in [2.45, 2.75) is 20.0 Å². The summed E-state index contributed by atoms with van der Waals surface area (Å²) in [4.78, 5) is 1.70. The number of aliphatic hydroxyl groups is 1. The van der Waals surface area contributed by atoms with Crippen molar-refractivity contribution in [3.05, 3.63) is 59.2 Å². The first kappa shape index (κ1) is 14.0. The molecule has 3 rings (SSSR count). The molecule has 0 saturated heterocycles. The lowest BCUT2D eigenvalue weighted by Crippen LogP contribution is -2.31. The molecule has 2 aromatic rings. The molecule has 1 aliphatic rings. The third-order valence-electron chi connectivity index (χ3n) is 3.87. The molecule has 2 aromatic carbocycles. The standard InChI is InChI=1S/C17H17F2NO/c1-11-6-13-4-2-3-5-16(13)20(9-11)17-14(18)7-12(10-21)8-15(17)19/h2-5,7-8,11,21H,6,9-10H2,1H3. The van der Waals surface area contributed by atoms with Crippen molar-refractivity contribution in [3.63, 3.8) is 0 Å². The summed E-state index contributed by atoms with van der Waals surface area (Å²) in [5.74, 6) is -0.956. The predicted molar refractivity (Wildman–Crippen MR) is 78.6 cm³/mol. The van der Waals surface area contributed by atoms with Crippen LogP contribution in [0, 0.1) is 17.6 Å². The van der Waals surface area contributed by atoms with Crippen molar-refractivity contribution in [2.24, 2.45) is 5.92 Å². The number of aliphatic hydroxyl groups excluding tert-OH is 1. The fourth-order valence-corrected chi connectivity index (χ4v) is 2.98. The lowest BCUT2D eigenvalue weighted by atomic mass is 9.93. The summed E-state index contributed by atoms with van der Waals surface area (Å²) in [6.07, 6.45) is 0.907. The van der Waals surface area contributed by atoms with Crippen molar-refractivity contribution >= 4 is 11.4 Å². The second-order valence-electron chi connectivity index (χ2n) is 5.61. The van der Waals surface area contributed by atoms with Crippen LogP contribution >= 0.6 is 0 Å². The van der Waals surface area contributed by atoms with Gasteiger partial charge in [0.2, 0.25) is 0 Å². The van der Waals surface area contributed by atoms with Gasteiger partial charge in [-0.1, -0.05) is 25.1 Å². The molecule has 1 heterocycles. The van der Waals surface area contributed by atoms with Gasteiger partial charge in [0.1, 0.15) is 17.3 Å². The first-order chi connectivity index (χ1) is 10.1.